The quantitative estimate of drug-likeness (QED) is 0.354. The first kappa shape index (κ1) is 5.24. The summed E-state index contributed by atoms with van der Waals surface area (Å²) in [5.41, 5.74) is 3.94. The monoisotopic (exact) mass is 101 g/mol. The van der Waals surface area contributed by atoms with E-state index in [1.165, 1.54) is 0 Å². The van der Waals surface area contributed by atoms with Crippen molar-refractivity contribution >= 4 is 8.18 Å². The SMILES string of the molecule is N[PH](O)(O)F. The summed E-state index contributed by atoms with van der Waals surface area (Å²) in [7, 11) is -4.61. The van der Waals surface area contributed by atoms with Crippen molar-refractivity contribution in [3.8, 4) is 0 Å². The zero-order chi connectivity index (χ0) is 4.50. The van der Waals surface area contributed by atoms with Gasteiger partial charge in [0, 0.05) is 0 Å². The Morgan fingerprint density at radius 1 is 1.60 bits per heavy atom. The molecule has 0 aromatic rings. The molecule has 0 saturated carbocycles. The van der Waals surface area contributed by atoms with E-state index in [0.717, 1.165) is 0 Å². The van der Waals surface area contributed by atoms with Gasteiger partial charge in [0.05, 0.1) is 0 Å². The van der Waals surface area contributed by atoms with E-state index in [0.29, 0.717) is 0 Å². The van der Waals surface area contributed by atoms with Gasteiger partial charge >= 0.3 is 27.7 Å². The fourth-order valence-corrected chi connectivity index (χ4v) is 0. The van der Waals surface area contributed by atoms with Crippen molar-refractivity contribution in [3.05, 3.63) is 0 Å². The van der Waals surface area contributed by atoms with E-state index in [2.05, 4.69) is 5.50 Å². The topological polar surface area (TPSA) is 66.5 Å². The summed E-state index contributed by atoms with van der Waals surface area (Å²) in [6.45, 7) is 0. The summed E-state index contributed by atoms with van der Waals surface area (Å²) in [4.78, 5) is 14.7. The second kappa shape index (κ2) is 1.14. The van der Waals surface area contributed by atoms with Crippen molar-refractivity contribution in [1.29, 1.82) is 0 Å². The van der Waals surface area contributed by atoms with E-state index in [1.807, 2.05) is 0 Å². The Bertz CT molecular complexity index is 25.1. The summed E-state index contributed by atoms with van der Waals surface area (Å²) in [6.07, 6.45) is 0. The molecule has 0 heterocycles. The molecule has 0 spiro atoms. The van der Waals surface area contributed by atoms with Crippen molar-refractivity contribution in [3.63, 3.8) is 0 Å². The molecule has 0 aromatic heterocycles. The molecule has 0 aliphatic heterocycles. The normalized spacial score (nSPS) is 15.2. The van der Waals surface area contributed by atoms with Gasteiger partial charge in [0.2, 0.25) is 0 Å². The van der Waals surface area contributed by atoms with Gasteiger partial charge in [-0.2, -0.15) is 0 Å². The third kappa shape index (κ3) is 369. The Balaban J connectivity index is 3.02. The van der Waals surface area contributed by atoms with Crippen molar-refractivity contribution in [1.82, 2.24) is 0 Å². The molecule has 0 saturated heterocycles. The van der Waals surface area contributed by atoms with Crippen LogP contribution in [0.5, 0.6) is 0 Å². The molecule has 0 amide bonds. The van der Waals surface area contributed by atoms with Crippen LogP contribution in [0, 0.1) is 0 Å². The number of rotatable bonds is 0. The third-order valence-corrected chi connectivity index (χ3v) is 0. The van der Waals surface area contributed by atoms with Crippen LogP contribution in [0.3, 0.4) is 0 Å². The van der Waals surface area contributed by atoms with Crippen LogP contribution < -0.4 is 5.50 Å². The first-order valence-electron chi connectivity index (χ1n) is 0.925. The second-order valence-electron chi connectivity index (χ2n) is 0.636. The summed E-state index contributed by atoms with van der Waals surface area (Å²) in [5, 5.41) is 0. The van der Waals surface area contributed by atoms with Gasteiger partial charge < -0.3 is 0 Å². The number of hydrogen-bond acceptors (Lipinski definition) is 3. The van der Waals surface area contributed by atoms with Crippen LogP contribution in [0.2, 0.25) is 0 Å². The number of hydrogen-bond donors (Lipinski definition) is 3. The molecule has 0 aromatic carbocycles. The van der Waals surface area contributed by atoms with Crippen LogP contribution >= 0.6 is 8.18 Å². The van der Waals surface area contributed by atoms with Gasteiger partial charge in [0.1, 0.15) is 0 Å². The molecule has 0 atom stereocenters. The molecule has 5 heteroatoms. The second-order valence-corrected chi connectivity index (χ2v) is 1.91. The van der Waals surface area contributed by atoms with Crippen molar-refractivity contribution in [2.75, 3.05) is 0 Å². The fraction of sp³-hybridized carbons (Fsp3) is 0. The zero-order valence-corrected chi connectivity index (χ0v) is 3.35. The van der Waals surface area contributed by atoms with Crippen LogP contribution in [0.4, 0.5) is 4.20 Å². The van der Waals surface area contributed by atoms with E-state index in [9.17, 15) is 4.20 Å². The van der Waals surface area contributed by atoms with Crippen molar-refractivity contribution in [2.24, 2.45) is 5.50 Å². The maximum atomic E-state index is 10.7. The van der Waals surface area contributed by atoms with Gasteiger partial charge in [0.25, 0.3) is 0 Å². The molecular weight excluding hydrogens is 96.0 g/mol. The van der Waals surface area contributed by atoms with Crippen LogP contribution in [0.15, 0.2) is 0 Å². The molecule has 0 unspecified atom stereocenters. The average molecular weight is 101 g/mol. The first-order valence-corrected chi connectivity index (χ1v) is 2.77. The van der Waals surface area contributed by atoms with Gasteiger partial charge in [-0.15, -0.1) is 0 Å². The predicted octanol–water partition coefficient (Wildman–Crippen LogP) is -0.691. The van der Waals surface area contributed by atoms with Gasteiger partial charge in [-0.25, -0.2) is 0 Å². The first-order chi connectivity index (χ1) is 2.00. The number of nitrogens with two attached hydrogens (primary N) is 1. The summed E-state index contributed by atoms with van der Waals surface area (Å²) in [6, 6.07) is 0. The van der Waals surface area contributed by atoms with E-state index < -0.39 is 8.18 Å². The van der Waals surface area contributed by atoms with Gasteiger partial charge in [-0.1, -0.05) is 0 Å². The van der Waals surface area contributed by atoms with Gasteiger partial charge in [-0.05, 0) is 0 Å². The standard InChI is InChI=1S/FH5NO2P/c1-5(2,3)4/h3-5H,2H2. The Morgan fingerprint density at radius 3 is 1.60 bits per heavy atom. The molecule has 0 rings (SSSR count). The Morgan fingerprint density at radius 2 is 1.60 bits per heavy atom. The van der Waals surface area contributed by atoms with Gasteiger partial charge in [-0.3, -0.25) is 0 Å². The van der Waals surface area contributed by atoms with E-state index in [1.54, 1.807) is 0 Å². The molecule has 0 radical (unpaired) electrons. The Labute approximate surface area is 28.9 Å². The minimum absolute atomic E-state index is 3.94. The molecule has 34 valence electrons. The maximum absolute atomic E-state index is 10.7. The number of halogens is 1. The Kier molecular flexibility index (Phi) is 1.20. The van der Waals surface area contributed by atoms with Crippen molar-refractivity contribution in [2.45, 2.75) is 0 Å². The summed E-state index contributed by atoms with van der Waals surface area (Å²) < 4.78 is 10.7. The summed E-state index contributed by atoms with van der Waals surface area (Å²) in [5.74, 6) is 0. The predicted molar refractivity (Wildman–Crippen MR) is 18.0 cm³/mol. The molecule has 0 bridgehead atoms. The molecule has 4 N–H and O–H groups in total. The van der Waals surface area contributed by atoms with E-state index in [4.69, 9.17) is 9.79 Å². The van der Waals surface area contributed by atoms with Crippen LogP contribution in [0.25, 0.3) is 0 Å². The van der Waals surface area contributed by atoms with Gasteiger partial charge in [0.15, 0.2) is 0 Å². The molecular formula is H5FNO2P. The minimum atomic E-state index is -4.61. The molecule has 0 aliphatic rings. The Hall–Kier alpha value is 0.240. The van der Waals surface area contributed by atoms with E-state index in [-0.39, 0.29) is 0 Å². The van der Waals surface area contributed by atoms with E-state index >= 15 is 0 Å². The fourth-order valence-electron chi connectivity index (χ4n) is 0. The van der Waals surface area contributed by atoms with Crippen LogP contribution in [0.1, 0.15) is 0 Å². The molecule has 0 aliphatic carbocycles. The zero-order valence-electron chi connectivity index (χ0n) is 2.35. The van der Waals surface area contributed by atoms with Crippen LogP contribution in [-0.4, -0.2) is 9.79 Å². The average Bonchev–Trinajstić information content (AvgIpc) is 0.722. The molecule has 0 fully saturated rings. The molecule has 3 nitrogen and oxygen atoms in total. The molecule has 5 heavy (non-hydrogen) atoms. The van der Waals surface area contributed by atoms with Crippen molar-refractivity contribution < 1.29 is 14.0 Å². The third-order valence-electron chi connectivity index (χ3n) is 0. The summed E-state index contributed by atoms with van der Waals surface area (Å²) >= 11 is 0. The van der Waals surface area contributed by atoms with Crippen LogP contribution in [-0.2, 0) is 0 Å².